The number of ether oxygens (including phenoxy) is 1. The fourth-order valence-electron chi connectivity index (χ4n) is 2.09. The summed E-state index contributed by atoms with van der Waals surface area (Å²) in [4.78, 5) is 11.0. The Balaban J connectivity index is 2.64. The van der Waals surface area contributed by atoms with Crippen molar-refractivity contribution in [3.63, 3.8) is 0 Å². The molecule has 0 bridgehead atoms. The van der Waals surface area contributed by atoms with Crippen LogP contribution in [-0.2, 0) is 0 Å². The monoisotopic (exact) mass is 296 g/mol. The second-order valence-electron chi connectivity index (χ2n) is 5.32. The van der Waals surface area contributed by atoms with Gasteiger partial charge in [0, 0.05) is 24.3 Å². The van der Waals surface area contributed by atoms with Gasteiger partial charge in [-0.2, -0.15) is 4.98 Å². The molecule has 0 aliphatic carbocycles. The molecule has 0 aromatic carbocycles. The molecule has 0 spiro atoms. The van der Waals surface area contributed by atoms with Crippen LogP contribution in [-0.4, -0.2) is 45.1 Å². The van der Waals surface area contributed by atoms with Crippen LogP contribution in [0.25, 0.3) is 0 Å². The first-order valence-electron chi connectivity index (χ1n) is 6.85. The summed E-state index contributed by atoms with van der Waals surface area (Å²) in [6.45, 7) is 11.9. The van der Waals surface area contributed by atoms with Crippen molar-refractivity contribution in [3.8, 4) is 6.01 Å². The Morgan fingerprint density at radius 3 is 2.40 bits per heavy atom. The number of aromatic nitrogens is 2. The number of thiocarbonyl (C=S) groups is 1. The van der Waals surface area contributed by atoms with Gasteiger partial charge in [-0.25, -0.2) is 4.98 Å². The van der Waals surface area contributed by atoms with E-state index in [-0.39, 0.29) is 4.99 Å². The number of hydrogen-bond acceptors (Lipinski definition) is 5. The van der Waals surface area contributed by atoms with Crippen LogP contribution < -0.4 is 10.5 Å². The molecule has 1 aromatic rings. The van der Waals surface area contributed by atoms with E-state index in [4.69, 9.17) is 22.7 Å². The van der Waals surface area contributed by atoms with Crippen LogP contribution in [0.4, 0.5) is 0 Å². The normalized spacial score (nSPS) is 11.4. The molecule has 112 valence electrons. The van der Waals surface area contributed by atoms with E-state index < -0.39 is 0 Å². The fourth-order valence-corrected chi connectivity index (χ4v) is 2.19. The highest BCUT2D eigenvalue weighted by molar-refractivity contribution is 7.80. The van der Waals surface area contributed by atoms with Crippen LogP contribution in [0.3, 0.4) is 0 Å². The average Bonchev–Trinajstić information content (AvgIpc) is 2.32. The molecule has 0 saturated carbocycles. The van der Waals surface area contributed by atoms with E-state index in [9.17, 15) is 0 Å². The molecule has 5 nitrogen and oxygen atoms in total. The molecule has 0 aliphatic heterocycles. The summed E-state index contributed by atoms with van der Waals surface area (Å²) < 4.78 is 5.63. The van der Waals surface area contributed by atoms with Gasteiger partial charge < -0.3 is 10.5 Å². The Kier molecular flexibility index (Phi) is 6.29. The van der Waals surface area contributed by atoms with Crippen molar-refractivity contribution in [2.45, 2.75) is 46.7 Å². The molecule has 0 aliphatic rings. The zero-order valence-electron chi connectivity index (χ0n) is 12.9. The van der Waals surface area contributed by atoms with Crippen molar-refractivity contribution in [2.24, 2.45) is 5.73 Å². The molecule has 0 saturated heterocycles. The van der Waals surface area contributed by atoms with Gasteiger partial charge >= 0.3 is 6.01 Å². The van der Waals surface area contributed by atoms with Crippen LogP contribution in [0.15, 0.2) is 6.07 Å². The quantitative estimate of drug-likeness (QED) is 0.776. The highest BCUT2D eigenvalue weighted by Gasteiger charge is 2.13. The molecular weight excluding hydrogens is 272 g/mol. The fraction of sp³-hybridized carbons (Fsp3) is 0.643. The maximum absolute atomic E-state index is 5.63. The van der Waals surface area contributed by atoms with E-state index in [1.54, 1.807) is 6.07 Å². The Bertz CT molecular complexity index is 454. The van der Waals surface area contributed by atoms with Gasteiger partial charge in [0.05, 0.1) is 0 Å². The molecule has 1 rings (SSSR count). The number of aryl methyl sites for hydroxylation is 1. The first-order chi connectivity index (χ1) is 9.31. The molecule has 1 aromatic heterocycles. The van der Waals surface area contributed by atoms with E-state index in [1.165, 1.54) is 0 Å². The summed E-state index contributed by atoms with van der Waals surface area (Å²) >= 11 is 4.93. The molecule has 0 fully saturated rings. The minimum Gasteiger partial charge on any atom is -0.462 e. The lowest BCUT2D eigenvalue weighted by atomic mass is 10.2. The topological polar surface area (TPSA) is 64.3 Å². The van der Waals surface area contributed by atoms with Gasteiger partial charge in [-0.1, -0.05) is 12.2 Å². The maximum Gasteiger partial charge on any atom is 0.317 e. The summed E-state index contributed by atoms with van der Waals surface area (Å²) in [5.41, 5.74) is 6.93. The van der Waals surface area contributed by atoms with Gasteiger partial charge in [0.25, 0.3) is 0 Å². The average molecular weight is 296 g/mol. The van der Waals surface area contributed by atoms with Gasteiger partial charge in [0.15, 0.2) is 0 Å². The van der Waals surface area contributed by atoms with Gasteiger partial charge in [0.2, 0.25) is 0 Å². The van der Waals surface area contributed by atoms with Crippen molar-refractivity contribution in [1.82, 2.24) is 14.9 Å². The molecule has 1 heterocycles. The number of nitrogens with two attached hydrogens (primary N) is 1. The number of nitrogens with zero attached hydrogens (tertiary/aromatic N) is 3. The third-order valence-electron chi connectivity index (χ3n) is 2.99. The number of hydrogen-bond donors (Lipinski definition) is 1. The van der Waals surface area contributed by atoms with E-state index in [0.29, 0.717) is 30.4 Å². The minimum atomic E-state index is 0.256. The Morgan fingerprint density at radius 2 is 1.90 bits per heavy atom. The van der Waals surface area contributed by atoms with Crippen molar-refractivity contribution >= 4 is 17.2 Å². The molecule has 2 N–H and O–H groups in total. The summed E-state index contributed by atoms with van der Waals surface area (Å²) in [5, 5.41) is 0. The third-order valence-corrected chi connectivity index (χ3v) is 3.20. The maximum atomic E-state index is 5.63. The van der Waals surface area contributed by atoms with Crippen molar-refractivity contribution in [2.75, 3.05) is 13.2 Å². The van der Waals surface area contributed by atoms with Crippen LogP contribution in [0, 0.1) is 6.92 Å². The SMILES string of the molecule is Cc1cc(C(N)=S)nc(OCCN(C(C)C)C(C)C)n1. The number of rotatable bonds is 7. The predicted molar refractivity (Wildman–Crippen MR) is 85.1 cm³/mol. The summed E-state index contributed by atoms with van der Waals surface area (Å²) in [7, 11) is 0. The van der Waals surface area contributed by atoms with E-state index in [0.717, 1.165) is 12.2 Å². The van der Waals surface area contributed by atoms with Crippen LogP contribution in [0.2, 0.25) is 0 Å². The zero-order chi connectivity index (χ0) is 15.3. The van der Waals surface area contributed by atoms with Crippen molar-refractivity contribution < 1.29 is 4.74 Å². The Labute approximate surface area is 126 Å². The highest BCUT2D eigenvalue weighted by Crippen LogP contribution is 2.08. The molecule has 0 amide bonds. The van der Waals surface area contributed by atoms with Gasteiger partial charge in [0.1, 0.15) is 17.3 Å². The van der Waals surface area contributed by atoms with Crippen molar-refractivity contribution in [3.05, 3.63) is 17.5 Å². The molecule has 0 unspecified atom stereocenters. The molecular formula is C14H24N4OS. The van der Waals surface area contributed by atoms with Crippen LogP contribution in [0.1, 0.15) is 39.1 Å². The van der Waals surface area contributed by atoms with Crippen molar-refractivity contribution in [1.29, 1.82) is 0 Å². The Hall–Kier alpha value is -1.27. The van der Waals surface area contributed by atoms with E-state index in [2.05, 4.69) is 42.6 Å². The molecule has 0 radical (unpaired) electrons. The lowest BCUT2D eigenvalue weighted by Gasteiger charge is -2.30. The Morgan fingerprint density at radius 1 is 1.30 bits per heavy atom. The first kappa shape index (κ1) is 16.8. The molecule has 6 heteroatoms. The molecule has 20 heavy (non-hydrogen) atoms. The highest BCUT2D eigenvalue weighted by atomic mass is 32.1. The summed E-state index contributed by atoms with van der Waals surface area (Å²) in [6, 6.07) is 3.04. The van der Waals surface area contributed by atoms with Gasteiger partial charge in [-0.15, -0.1) is 0 Å². The van der Waals surface area contributed by atoms with Crippen LogP contribution >= 0.6 is 12.2 Å². The van der Waals surface area contributed by atoms with Gasteiger partial charge in [-0.3, -0.25) is 4.90 Å². The largest absolute Gasteiger partial charge is 0.462 e. The standard InChI is InChI=1S/C14H24N4OS/c1-9(2)18(10(3)4)6-7-19-14-16-11(5)8-12(17-14)13(15)20/h8-10H,6-7H2,1-5H3,(H2,15,20). The lowest BCUT2D eigenvalue weighted by Crippen LogP contribution is -2.39. The first-order valence-corrected chi connectivity index (χ1v) is 7.26. The van der Waals surface area contributed by atoms with Gasteiger partial charge in [-0.05, 0) is 40.7 Å². The molecule has 0 atom stereocenters. The zero-order valence-corrected chi connectivity index (χ0v) is 13.7. The minimum absolute atomic E-state index is 0.256. The summed E-state index contributed by atoms with van der Waals surface area (Å²) in [6.07, 6.45) is 0. The second kappa shape index (κ2) is 7.50. The van der Waals surface area contributed by atoms with Crippen LogP contribution in [0.5, 0.6) is 6.01 Å². The van der Waals surface area contributed by atoms with E-state index in [1.807, 2.05) is 6.92 Å². The second-order valence-corrected chi connectivity index (χ2v) is 5.76. The third kappa shape index (κ3) is 5.02. The van der Waals surface area contributed by atoms with E-state index >= 15 is 0 Å². The predicted octanol–water partition coefficient (Wildman–Crippen LogP) is 1.92. The summed E-state index contributed by atoms with van der Waals surface area (Å²) in [5.74, 6) is 0. The lowest BCUT2D eigenvalue weighted by molar-refractivity contribution is 0.138. The smallest absolute Gasteiger partial charge is 0.317 e.